The molecular formula is C17H21NO2S. The fourth-order valence-electron chi connectivity index (χ4n) is 2.14. The van der Waals surface area contributed by atoms with E-state index in [-0.39, 0.29) is 5.92 Å². The first kappa shape index (κ1) is 15.7. The summed E-state index contributed by atoms with van der Waals surface area (Å²) in [5.41, 5.74) is 2.27. The van der Waals surface area contributed by atoms with E-state index >= 15 is 0 Å². The van der Waals surface area contributed by atoms with Crippen LogP contribution in [-0.2, 0) is 16.4 Å². The lowest BCUT2D eigenvalue weighted by molar-refractivity contribution is 0.537. The summed E-state index contributed by atoms with van der Waals surface area (Å²) >= 11 is 0. The lowest BCUT2D eigenvalue weighted by Crippen LogP contribution is -2.29. The molecule has 112 valence electrons. The minimum Gasteiger partial charge on any atom is -0.211 e. The summed E-state index contributed by atoms with van der Waals surface area (Å²) in [6, 6.07) is 17.0. The van der Waals surface area contributed by atoms with Gasteiger partial charge in [0, 0.05) is 6.54 Å². The molecular weight excluding hydrogens is 282 g/mol. The summed E-state index contributed by atoms with van der Waals surface area (Å²) in [6.45, 7) is 4.42. The van der Waals surface area contributed by atoms with Gasteiger partial charge in [-0.15, -0.1) is 0 Å². The van der Waals surface area contributed by atoms with Gasteiger partial charge in [0.25, 0.3) is 0 Å². The predicted molar refractivity (Wildman–Crippen MR) is 85.7 cm³/mol. The van der Waals surface area contributed by atoms with E-state index in [0.29, 0.717) is 11.4 Å². The van der Waals surface area contributed by atoms with Crippen LogP contribution in [0.1, 0.15) is 18.1 Å². The van der Waals surface area contributed by atoms with Crippen LogP contribution < -0.4 is 4.72 Å². The summed E-state index contributed by atoms with van der Waals surface area (Å²) in [5.74, 6) is 0.243. The highest BCUT2D eigenvalue weighted by Gasteiger charge is 2.14. The molecule has 0 bridgehead atoms. The van der Waals surface area contributed by atoms with Crippen molar-refractivity contribution in [2.45, 2.75) is 25.2 Å². The van der Waals surface area contributed by atoms with Gasteiger partial charge in [0.2, 0.25) is 10.0 Å². The van der Waals surface area contributed by atoms with Crippen molar-refractivity contribution in [2.24, 2.45) is 5.92 Å². The van der Waals surface area contributed by atoms with Gasteiger partial charge in [0.1, 0.15) is 0 Å². The summed E-state index contributed by atoms with van der Waals surface area (Å²) in [6.07, 6.45) is 0.858. The Kier molecular flexibility index (Phi) is 5.15. The van der Waals surface area contributed by atoms with Gasteiger partial charge in [0.05, 0.1) is 4.90 Å². The molecule has 0 saturated heterocycles. The van der Waals surface area contributed by atoms with Crippen LogP contribution in [0.4, 0.5) is 0 Å². The van der Waals surface area contributed by atoms with Gasteiger partial charge in [-0.3, -0.25) is 0 Å². The van der Waals surface area contributed by atoms with Crippen molar-refractivity contribution in [3.63, 3.8) is 0 Å². The van der Waals surface area contributed by atoms with E-state index in [1.54, 1.807) is 12.1 Å². The number of sulfonamides is 1. The molecule has 0 aliphatic rings. The Hall–Kier alpha value is -1.65. The van der Waals surface area contributed by atoms with Crippen molar-refractivity contribution in [2.75, 3.05) is 6.54 Å². The molecule has 1 atom stereocenters. The van der Waals surface area contributed by atoms with Crippen LogP contribution in [0.15, 0.2) is 59.5 Å². The molecule has 1 unspecified atom stereocenters. The minimum atomic E-state index is -3.41. The van der Waals surface area contributed by atoms with Crippen molar-refractivity contribution in [1.82, 2.24) is 4.72 Å². The molecule has 2 aromatic rings. The van der Waals surface area contributed by atoms with Crippen LogP contribution in [0.25, 0.3) is 0 Å². The Morgan fingerprint density at radius 2 is 1.62 bits per heavy atom. The maximum absolute atomic E-state index is 12.2. The van der Waals surface area contributed by atoms with E-state index in [1.807, 2.05) is 44.2 Å². The zero-order chi connectivity index (χ0) is 15.3. The van der Waals surface area contributed by atoms with Crippen LogP contribution >= 0.6 is 0 Å². The maximum atomic E-state index is 12.2. The van der Waals surface area contributed by atoms with Crippen molar-refractivity contribution in [3.8, 4) is 0 Å². The van der Waals surface area contributed by atoms with Crippen LogP contribution in [0.5, 0.6) is 0 Å². The number of nitrogens with one attached hydrogen (secondary N) is 1. The van der Waals surface area contributed by atoms with Crippen LogP contribution in [0.2, 0.25) is 0 Å². The zero-order valence-corrected chi connectivity index (χ0v) is 13.2. The van der Waals surface area contributed by atoms with E-state index < -0.39 is 10.0 Å². The molecule has 0 amide bonds. The number of hydrogen-bond donors (Lipinski definition) is 1. The topological polar surface area (TPSA) is 46.2 Å². The van der Waals surface area contributed by atoms with Crippen molar-refractivity contribution < 1.29 is 8.42 Å². The van der Waals surface area contributed by atoms with Crippen molar-refractivity contribution in [3.05, 3.63) is 65.7 Å². The fraction of sp³-hybridized carbons (Fsp3) is 0.294. The lowest BCUT2D eigenvalue weighted by Gasteiger charge is -2.13. The lowest BCUT2D eigenvalue weighted by atomic mass is 10.0. The monoisotopic (exact) mass is 303 g/mol. The number of benzene rings is 2. The Morgan fingerprint density at radius 3 is 2.24 bits per heavy atom. The normalized spacial score (nSPS) is 13.0. The quantitative estimate of drug-likeness (QED) is 0.891. The number of rotatable bonds is 6. The molecule has 0 aromatic heterocycles. The average molecular weight is 303 g/mol. The van der Waals surface area contributed by atoms with E-state index in [1.165, 1.54) is 5.56 Å². The Labute approximate surface area is 127 Å². The number of aryl methyl sites for hydroxylation is 1. The van der Waals surface area contributed by atoms with Gasteiger partial charge in [-0.05, 0) is 37.0 Å². The Balaban J connectivity index is 1.94. The molecule has 3 nitrogen and oxygen atoms in total. The minimum absolute atomic E-state index is 0.243. The summed E-state index contributed by atoms with van der Waals surface area (Å²) < 4.78 is 27.1. The van der Waals surface area contributed by atoms with Crippen molar-refractivity contribution in [1.29, 1.82) is 0 Å². The molecule has 0 radical (unpaired) electrons. The summed E-state index contributed by atoms with van der Waals surface area (Å²) in [4.78, 5) is 0.319. The second-order valence-corrected chi connectivity index (χ2v) is 7.23. The molecule has 0 aliphatic heterocycles. The standard InChI is InChI=1S/C17H21NO2S/c1-14-8-10-17(11-9-14)21(19,20)18-13-15(2)12-16-6-4-3-5-7-16/h3-11,15,18H,12-13H2,1-2H3. The second-order valence-electron chi connectivity index (χ2n) is 5.46. The van der Waals surface area contributed by atoms with Gasteiger partial charge >= 0.3 is 0 Å². The molecule has 0 spiro atoms. The highest BCUT2D eigenvalue weighted by atomic mass is 32.2. The molecule has 0 fully saturated rings. The fourth-order valence-corrected chi connectivity index (χ4v) is 3.31. The molecule has 0 saturated carbocycles. The molecule has 21 heavy (non-hydrogen) atoms. The third-order valence-corrected chi connectivity index (χ3v) is 4.82. The third-order valence-electron chi connectivity index (χ3n) is 3.38. The molecule has 0 aliphatic carbocycles. The van der Waals surface area contributed by atoms with E-state index in [4.69, 9.17) is 0 Å². The zero-order valence-electron chi connectivity index (χ0n) is 12.4. The largest absolute Gasteiger partial charge is 0.240 e. The Morgan fingerprint density at radius 1 is 1.00 bits per heavy atom. The van der Waals surface area contributed by atoms with Crippen LogP contribution in [0, 0.1) is 12.8 Å². The van der Waals surface area contributed by atoms with Gasteiger partial charge < -0.3 is 0 Å². The van der Waals surface area contributed by atoms with Gasteiger partial charge in [-0.25, -0.2) is 13.1 Å². The summed E-state index contributed by atoms with van der Waals surface area (Å²) in [5, 5.41) is 0. The average Bonchev–Trinajstić information content (AvgIpc) is 2.47. The first-order valence-electron chi connectivity index (χ1n) is 7.07. The third kappa shape index (κ3) is 4.69. The van der Waals surface area contributed by atoms with Crippen LogP contribution in [-0.4, -0.2) is 15.0 Å². The van der Waals surface area contributed by atoms with E-state index in [2.05, 4.69) is 16.9 Å². The highest BCUT2D eigenvalue weighted by Crippen LogP contribution is 2.12. The first-order valence-corrected chi connectivity index (χ1v) is 8.56. The molecule has 1 N–H and O–H groups in total. The van der Waals surface area contributed by atoms with Gasteiger partial charge in [0.15, 0.2) is 0 Å². The molecule has 2 aromatic carbocycles. The second kappa shape index (κ2) is 6.87. The van der Waals surface area contributed by atoms with Crippen molar-refractivity contribution >= 4 is 10.0 Å². The predicted octanol–water partition coefficient (Wildman–Crippen LogP) is 3.15. The SMILES string of the molecule is Cc1ccc(S(=O)(=O)NCC(C)Cc2ccccc2)cc1. The van der Waals surface area contributed by atoms with Crippen LogP contribution in [0.3, 0.4) is 0 Å². The van der Waals surface area contributed by atoms with Gasteiger partial charge in [-0.2, -0.15) is 0 Å². The van der Waals surface area contributed by atoms with E-state index in [9.17, 15) is 8.42 Å². The maximum Gasteiger partial charge on any atom is 0.240 e. The molecule has 0 heterocycles. The highest BCUT2D eigenvalue weighted by molar-refractivity contribution is 7.89. The molecule has 2 rings (SSSR count). The first-order chi connectivity index (χ1) is 9.97. The summed E-state index contributed by atoms with van der Waals surface area (Å²) in [7, 11) is -3.41. The van der Waals surface area contributed by atoms with E-state index in [0.717, 1.165) is 12.0 Å². The smallest absolute Gasteiger partial charge is 0.211 e. The number of hydrogen-bond acceptors (Lipinski definition) is 2. The Bertz CT molecular complexity index is 664. The molecule has 4 heteroatoms. The van der Waals surface area contributed by atoms with Gasteiger partial charge in [-0.1, -0.05) is 55.0 Å².